The summed E-state index contributed by atoms with van der Waals surface area (Å²) in [7, 11) is 0. The number of carbonyl (C=O) groups is 1. The summed E-state index contributed by atoms with van der Waals surface area (Å²) in [5.74, 6) is 0.569. The first-order valence-corrected chi connectivity index (χ1v) is 5.30. The molecule has 1 aromatic rings. The molecular formula is C10H11ClN2OS. The Morgan fingerprint density at radius 2 is 2.07 bits per heavy atom. The largest absolute Gasteiger partial charge is 0.328 e. The van der Waals surface area contributed by atoms with Gasteiger partial charge in [-0.05, 0) is 24.6 Å². The van der Waals surface area contributed by atoms with Crippen LogP contribution in [0.4, 0.5) is 0 Å². The number of rotatable bonds is 1. The summed E-state index contributed by atoms with van der Waals surface area (Å²) >= 11 is 1.57. The molecule has 1 amide bonds. The molecule has 15 heavy (non-hydrogen) atoms. The van der Waals surface area contributed by atoms with Gasteiger partial charge in [0.1, 0.15) is 0 Å². The molecule has 2 heterocycles. The first-order valence-electron chi connectivity index (χ1n) is 4.31. The molecule has 0 fully saturated rings. The lowest BCUT2D eigenvalue weighted by Crippen LogP contribution is -2.27. The van der Waals surface area contributed by atoms with Crippen molar-refractivity contribution in [3.63, 3.8) is 0 Å². The smallest absolute Gasteiger partial charge is 0.234 e. The fourth-order valence-electron chi connectivity index (χ4n) is 1.35. The van der Waals surface area contributed by atoms with Crippen LogP contribution in [-0.4, -0.2) is 16.6 Å². The summed E-state index contributed by atoms with van der Waals surface area (Å²) in [5, 5.41) is 2.83. The average Bonchev–Trinajstić information content (AvgIpc) is 2.19. The summed E-state index contributed by atoms with van der Waals surface area (Å²) in [6.07, 6.45) is 3.51. The number of amides is 1. The number of nitrogens with zero attached hydrogens (tertiary/aromatic N) is 1. The van der Waals surface area contributed by atoms with Crippen LogP contribution in [0.1, 0.15) is 12.5 Å². The van der Waals surface area contributed by atoms with Gasteiger partial charge in [-0.1, -0.05) is 0 Å². The van der Waals surface area contributed by atoms with Crippen LogP contribution in [0.25, 0.3) is 4.91 Å². The molecule has 0 aromatic carbocycles. The number of hydrogen-bond acceptors (Lipinski definition) is 3. The van der Waals surface area contributed by atoms with Crippen molar-refractivity contribution >= 4 is 35.0 Å². The van der Waals surface area contributed by atoms with Gasteiger partial charge < -0.3 is 5.32 Å². The first-order chi connectivity index (χ1) is 6.77. The zero-order chi connectivity index (χ0) is 9.97. The van der Waals surface area contributed by atoms with Gasteiger partial charge in [0.05, 0.1) is 5.75 Å². The van der Waals surface area contributed by atoms with E-state index in [0.717, 1.165) is 16.2 Å². The number of thioether (sulfide) groups is 1. The molecule has 0 spiro atoms. The number of halogens is 1. The maximum absolute atomic E-state index is 11.1. The lowest BCUT2D eigenvalue weighted by Gasteiger charge is -2.17. The molecule has 1 aromatic heterocycles. The van der Waals surface area contributed by atoms with Crippen LogP contribution in [0.5, 0.6) is 0 Å². The predicted molar refractivity (Wildman–Crippen MR) is 64.7 cm³/mol. The van der Waals surface area contributed by atoms with Crippen molar-refractivity contribution in [1.82, 2.24) is 10.3 Å². The van der Waals surface area contributed by atoms with E-state index in [-0.39, 0.29) is 18.3 Å². The summed E-state index contributed by atoms with van der Waals surface area (Å²) in [6.45, 7) is 1.92. The second-order valence-electron chi connectivity index (χ2n) is 3.03. The van der Waals surface area contributed by atoms with Gasteiger partial charge in [0, 0.05) is 23.0 Å². The lowest BCUT2D eigenvalue weighted by molar-refractivity contribution is -0.117. The van der Waals surface area contributed by atoms with Crippen molar-refractivity contribution in [3.8, 4) is 0 Å². The number of allylic oxidation sites excluding steroid dienone is 1. The van der Waals surface area contributed by atoms with E-state index in [2.05, 4.69) is 10.3 Å². The van der Waals surface area contributed by atoms with Gasteiger partial charge in [0.25, 0.3) is 0 Å². The van der Waals surface area contributed by atoms with E-state index in [9.17, 15) is 4.79 Å². The average molecular weight is 243 g/mol. The third-order valence-electron chi connectivity index (χ3n) is 1.96. The molecule has 0 bridgehead atoms. The van der Waals surface area contributed by atoms with Gasteiger partial charge in [-0.25, -0.2) is 0 Å². The van der Waals surface area contributed by atoms with Gasteiger partial charge in [-0.2, -0.15) is 0 Å². The topological polar surface area (TPSA) is 42.0 Å². The number of nitrogens with one attached hydrogen (secondary N) is 1. The highest BCUT2D eigenvalue weighted by Crippen LogP contribution is 2.31. The van der Waals surface area contributed by atoms with Crippen LogP contribution in [0, 0.1) is 0 Å². The van der Waals surface area contributed by atoms with Crippen molar-refractivity contribution in [2.75, 3.05) is 5.75 Å². The Morgan fingerprint density at radius 1 is 1.40 bits per heavy atom. The lowest BCUT2D eigenvalue weighted by atomic mass is 10.2. The van der Waals surface area contributed by atoms with Crippen molar-refractivity contribution in [1.29, 1.82) is 0 Å². The van der Waals surface area contributed by atoms with E-state index in [1.807, 2.05) is 19.1 Å². The summed E-state index contributed by atoms with van der Waals surface area (Å²) < 4.78 is 0. The SMILES string of the molecule is CC1=C(c2ccncc2)SCC(=O)N1.Cl. The predicted octanol–water partition coefficient (Wildman–Crippen LogP) is 2.05. The van der Waals surface area contributed by atoms with Crippen molar-refractivity contribution in [3.05, 3.63) is 35.8 Å². The quantitative estimate of drug-likeness (QED) is 0.820. The molecule has 0 unspecified atom stereocenters. The van der Waals surface area contributed by atoms with Crippen molar-refractivity contribution in [2.45, 2.75) is 6.92 Å². The summed E-state index contributed by atoms with van der Waals surface area (Å²) in [4.78, 5) is 16.2. The number of pyridine rings is 1. The van der Waals surface area contributed by atoms with Crippen LogP contribution in [-0.2, 0) is 4.79 Å². The minimum absolute atomic E-state index is 0. The van der Waals surface area contributed by atoms with E-state index in [1.54, 1.807) is 24.2 Å². The Hall–Kier alpha value is -1.00. The monoisotopic (exact) mass is 242 g/mol. The molecule has 2 rings (SSSR count). The molecule has 1 N–H and O–H groups in total. The first kappa shape index (κ1) is 12.1. The van der Waals surface area contributed by atoms with Crippen molar-refractivity contribution in [2.24, 2.45) is 0 Å². The Kier molecular flexibility index (Phi) is 4.17. The Labute approximate surface area is 98.8 Å². The van der Waals surface area contributed by atoms with E-state index < -0.39 is 0 Å². The molecule has 1 aliphatic rings. The van der Waals surface area contributed by atoms with Gasteiger partial charge in [-0.15, -0.1) is 24.2 Å². The summed E-state index contributed by atoms with van der Waals surface area (Å²) in [5.41, 5.74) is 2.04. The highest BCUT2D eigenvalue weighted by Gasteiger charge is 2.16. The number of hydrogen-bond donors (Lipinski definition) is 1. The Bertz CT molecular complexity index is 392. The molecule has 0 atom stereocenters. The maximum atomic E-state index is 11.1. The molecule has 0 saturated heterocycles. The fraction of sp³-hybridized carbons (Fsp3) is 0.200. The van der Waals surface area contributed by atoms with Crippen LogP contribution in [0.15, 0.2) is 30.2 Å². The van der Waals surface area contributed by atoms with Crippen molar-refractivity contribution < 1.29 is 4.79 Å². The van der Waals surface area contributed by atoms with E-state index in [0.29, 0.717) is 5.75 Å². The molecule has 5 heteroatoms. The molecule has 0 saturated carbocycles. The Morgan fingerprint density at radius 3 is 2.67 bits per heavy atom. The number of carbonyl (C=O) groups excluding carboxylic acids is 1. The van der Waals surface area contributed by atoms with E-state index in [1.165, 1.54) is 0 Å². The van der Waals surface area contributed by atoms with Crippen LogP contribution in [0.3, 0.4) is 0 Å². The van der Waals surface area contributed by atoms with Gasteiger partial charge in [0.2, 0.25) is 5.91 Å². The van der Waals surface area contributed by atoms with Gasteiger partial charge in [0.15, 0.2) is 0 Å². The highest BCUT2D eigenvalue weighted by molar-refractivity contribution is 8.09. The summed E-state index contributed by atoms with van der Waals surface area (Å²) in [6, 6.07) is 3.90. The number of aromatic nitrogens is 1. The third kappa shape index (κ3) is 2.73. The Balaban J connectivity index is 0.00000112. The second kappa shape index (κ2) is 5.19. The zero-order valence-corrected chi connectivity index (χ0v) is 9.82. The zero-order valence-electron chi connectivity index (χ0n) is 8.19. The van der Waals surface area contributed by atoms with E-state index in [4.69, 9.17) is 0 Å². The van der Waals surface area contributed by atoms with Crippen LogP contribution >= 0.6 is 24.2 Å². The maximum Gasteiger partial charge on any atom is 0.234 e. The molecule has 80 valence electrons. The van der Waals surface area contributed by atoms with Gasteiger partial charge >= 0.3 is 0 Å². The second-order valence-corrected chi connectivity index (χ2v) is 4.01. The minimum Gasteiger partial charge on any atom is -0.328 e. The molecule has 0 radical (unpaired) electrons. The standard InChI is InChI=1S/C10H10N2OS.ClH/c1-7-10(14-6-9(13)12-7)8-2-4-11-5-3-8;/h2-5H,6H2,1H3,(H,12,13);1H. The van der Waals surface area contributed by atoms with Crippen LogP contribution in [0.2, 0.25) is 0 Å². The molecule has 3 nitrogen and oxygen atoms in total. The molecular weight excluding hydrogens is 232 g/mol. The highest BCUT2D eigenvalue weighted by atomic mass is 35.5. The van der Waals surface area contributed by atoms with E-state index >= 15 is 0 Å². The van der Waals surface area contributed by atoms with Gasteiger partial charge in [-0.3, -0.25) is 9.78 Å². The van der Waals surface area contributed by atoms with Crippen LogP contribution < -0.4 is 5.32 Å². The third-order valence-corrected chi connectivity index (χ3v) is 3.19. The normalized spacial score (nSPS) is 15.7. The molecule has 0 aliphatic carbocycles. The minimum atomic E-state index is 0. The fourth-order valence-corrected chi connectivity index (χ4v) is 2.27. The molecule has 1 aliphatic heterocycles.